The van der Waals surface area contributed by atoms with E-state index in [0.29, 0.717) is 25.6 Å². The lowest BCUT2D eigenvalue weighted by Crippen LogP contribution is -2.42. The molecule has 0 radical (unpaired) electrons. The molecule has 1 aromatic carbocycles. The summed E-state index contributed by atoms with van der Waals surface area (Å²) < 4.78 is 11.5. The Morgan fingerprint density at radius 1 is 1.22 bits per heavy atom. The molecule has 1 rings (SSSR count). The number of carbonyl (C=O) groups excluding carboxylic acids is 1. The molecule has 0 fully saturated rings. The predicted molar refractivity (Wildman–Crippen MR) is 95.2 cm³/mol. The second-order valence-corrected chi connectivity index (χ2v) is 6.62. The Morgan fingerprint density at radius 2 is 1.78 bits per heavy atom. The molecule has 0 saturated heterocycles. The number of rotatable bonds is 8. The van der Waals surface area contributed by atoms with Crippen LogP contribution in [0.4, 0.5) is 5.69 Å². The molecule has 0 bridgehead atoms. The summed E-state index contributed by atoms with van der Waals surface area (Å²) >= 11 is 0. The lowest BCUT2D eigenvalue weighted by atomic mass is 10.0. The van der Waals surface area contributed by atoms with Gasteiger partial charge in [0.15, 0.2) is 0 Å². The standard InChI is InChI=1S/C19H31NO3/c1-8-19(7,23-9-2)18(21)20-16-10-14(5)17(15(6)11-16)22-12-13(3)4/h10-11,13H,8-9,12H2,1-7H3,(H,20,21)/t19-/m1/s1. The van der Waals surface area contributed by atoms with Gasteiger partial charge in [-0.1, -0.05) is 20.8 Å². The van der Waals surface area contributed by atoms with E-state index < -0.39 is 5.60 Å². The van der Waals surface area contributed by atoms with E-state index in [0.717, 1.165) is 22.6 Å². The summed E-state index contributed by atoms with van der Waals surface area (Å²) in [6.45, 7) is 15.1. The van der Waals surface area contributed by atoms with Crippen molar-refractivity contribution in [2.75, 3.05) is 18.5 Å². The number of hydrogen-bond donors (Lipinski definition) is 1. The van der Waals surface area contributed by atoms with Crippen molar-refractivity contribution in [1.29, 1.82) is 0 Å². The van der Waals surface area contributed by atoms with Crippen molar-refractivity contribution in [2.45, 2.75) is 60.5 Å². The summed E-state index contributed by atoms with van der Waals surface area (Å²) in [7, 11) is 0. The minimum absolute atomic E-state index is 0.114. The summed E-state index contributed by atoms with van der Waals surface area (Å²) in [5, 5.41) is 2.97. The fourth-order valence-corrected chi connectivity index (χ4v) is 2.41. The molecule has 1 aromatic rings. The van der Waals surface area contributed by atoms with Crippen LogP contribution >= 0.6 is 0 Å². The maximum Gasteiger partial charge on any atom is 0.256 e. The van der Waals surface area contributed by atoms with Gasteiger partial charge in [0.25, 0.3) is 5.91 Å². The van der Waals surface area contributed by atoms with Crippen molar-refractivity contribution >= 4 is 11.6 Å². The molecule has 0 aliphatic rings. The summed E-state index contributed by atoms with van der Waals surface area (Å²) in [5.41, 5.74) is 2.02. The average molecular weight is 321 g/mol. The molecule has 1 atom stereocenters. The van der Waals surface area contributed by atoms with Crippen LogP contribution in [0.1, 0.15) is 52.2 Å². The minimum Gasteiger partial charge on any atom is -0.493 e. The van der Waals surface area contributed by atoms with Crippen LogP contribution in [0.15, 0.2) is 12.1 Å². The normalized spacial score (nSPS) is 13.7. The van der Waals surface area contributed by atoms with Crippen molar-refractivity contribution in [3.8, 4) is 5.75 Å². The van der Waals surface area contributed by atoms with Crippen molar-refractivity contribution < 1.29 is 14.3 Å². The molecule has 23 heavy (non-hydrogen) atoms. The molecule has 0 unspecified atom stereocenters. The minimum atomic E-state index is -0.802. The van der Waals surface area contributed by atoms with E-state index in [1.54, 1.807) is 0 Å². The van der Waals surface area contributed by atoms with Gasteiger partial charge in [-0.2, -0.15) is 0 Å². The molecule has 0 aliphatic heterocycles. The van der Waals surface area contributed by atoms with Crippen LogP contribution in [0.2, 0.25) is 0 Å². The van der Waals surface area contributed by atoms with E-state index in [1.807, 2.05) is 46.8 Å². The van der Waals surface area contributed by atoms with E-state index in [1.165, 1.54) is 0 Å². The fourth-order valence-electron chi connectivity index (χ4n) is 2.41. The zero-order valence-electron chi connectivity index (χ0n) is 15.6. The van der Waals surface area contributed by atoms with Crippen LogP contribution in [-0.4, -0.2) is 24.7 Å². The van der Waals surface area contributed by atoms with Crippen molar-refractivity contribution in [1.82, 2.24) is 0 Å². The molecule has 4 heteroatoms. The van der Waals surface area contributed by atoms with Crippen molar-refractivity contribution in [2.24, 2.45) is 5.92 Å². The van der Waals surface area contributed by atoms with Crippen LogP contribution < -0.4 is 10.1 Å². The number of amides is 1. The van der Waals surface area contributed by atoms with Gasteiger partial charge in [-0.15, -0.1) is 0 Å². The van der Waals surface area contributed by atoms with E-state index in [-0.39, 0.29) is 5.91 Å². The highest BCUT2D eigenvalue weighted by Gasteiger charge is 2.32. The third-order valence-electron chi connectivity index (χ3n) is 3.90. The highest BCUT2D eigenvalue weighted by atomic mass is 16.5. The van der Waals surface area contributed by atoms with Gasteiger partial charge < -0.3 is 14.8 Å². The molecular formula is C19H31NO3. The summed E-state index contributed by atoms with van der Waals surface area (Å²) in [6.07, 6.45) is 0.625. The maximum absolute atomic E-state index is 12.5. The smallest absolute Gasteiger partial charge is 0.256 e. The first-order valence-electron chi connectivity index (χ1n) is 8.43. The van der Waals surface area contributed by atoms with E-state index in [2.05, 4.69) is 19.2 Å². The quantitative estimate of drug-likeness (QED) is 0.768. The Morgan fingerprint density at radius 3 is 2.22 bits per heavy atom. The SMILES string of the molecule is CCO[C@](C)(CC)C(=O)Nc1cc(C)c(OCC(C)C)c(C)c1. The summed E-state index contributed by atoms with van der Waals surface area (Å²) in [6, 6.07) is 3.89. The Balaban J connectivity index is 2.92. The van der Waals surface area contributed by atoms with Gasteiger partial charge in [0.2, 0.25) is 0 Å². The second kappa shape index (κ2) is 8.34. The highest BCUT2D eigenvalue weighted by molar-refractivity contribution is 5.97. The molecule has 130 valence electrons. The Labute approximate surface area is 140 Å². The van der Waals surface area contributed by atoms with Crippen LogP contribution in [0.3, 0.4) is 0 Å². The first kappa shape index (κ1) is 19.5. The number of benzene rings is 1. The topological polar surface area (TPSA) is 47.6 Å². The average Bonchev–Trinajstić information content (AvgIpc) is 2.46. The molecule has 1 amide bonds. The zero-order valence-corrected chi connectivity index (χ0v) is 15.6. The van der Waals surface area contributed by atoms with Gasteiger partial charge in [-0.25, -0.2) is 0 Å². The maximum atomic E-state index is 12.5. The van der Waals surface area contributed by atoms with Gasteiger partial charge in [0, 0.05) is 12.3 Å². The predicted octanol–water partition coefficient (Wildman–Crippen LogP) is 4.48. The van der Waals surface area contributed by atoms with Crippen LogP contribution in [-0.2, 0) is 9.53 Å². The third kappa shape index (κ3) is 5.24. The molecule has 4 nitrogen and oxygen atoms in total. The largest absolute Gasteiger partial charge is 0.493 e. The fraction of sp³-hybridized carbons (Fsp3) is 0.632. The van der Waals surface area contributed by atoms with Crippen LogP contribution in [0, 0.1) is 19.8 Å². The number of ether oxygens (including phenoxy) is 2. The molecule has 0 heterocycles. The Hall–Kier alpha value is -1.55. The van der Waals surface area contributed by atoms with Crippen molar-refractivity contribution in [3.63, 3.8) is 0 Å². The summed E-state index contributed by atoms with van der Waals surface area (Å²) in [4.78, 5) is 12.5. The number of aryl methyl sites for hydroxylation is 2. The Bertz CT molecular complexity index is 516. The Kier molecular flexibility index (Phi) is 7.07. The molecule has 1 N–H and O–H groups in total. The first-order chi connectivity index (χ1) is 10.7. The molecule has 0 saturated carbocycles. The number of nitrogens with one attached hydrogen (secondary N) is 1. The molecular weight excluding hydrogens is 290 g/mol. The third-order valence-corrected chi connectivity index (χ3v) is 3.90. The summed E-state index contributed by atoms with van der Waals surface area (Å²) in [5.74, 6) is 1.26. The zero-order chi connectivity index (χ0) is 17.6. The van der Waals surface area contributed by atoms with E-state index >= 15 is 0 Å². The molecule has 0 aromatic heterocycles. The molecule has 0 spiro atoms. The first-order valence-corrected chi connectivity index (χ1v) is 8.43. The second-order valence-electron chi connectivity index (χ2n) is 6.62. The monoisotopic (exact) mass is 321 g/mol. The van der Waals surface area contributed by atoms with Gasteiger partial charge >= 0.3 is 0 Å². The van der Waals surface area contributed by atoms with Crippen LogP contribution in [0.5, 0.6) is 5.75 Å². The lowest BCUT2D eigenvalue weighted by Gasteiger charge is -2.27. The van der Waals surface area contributed by atoms with E-state index in [9.17, 15) is 4.79 Å². The van der Waals surface area contributed by atoms with Gasteiger partial charge in [-0.05, 0) is 63.3 Å². The number of carbonyl (C=O) groups is 1. The van der Waals surface area contributed by atoms with Crippen LogP contribution in [0.25, 0.3) is 0 Å². The highest BCUT2D eigenvalue weighted by Crippen LogP contribution is 2.28. The van der Waals surface area contributed by atoms with E-state index in [4.69, 9.17) is 9.47 Å². The number of hydrogen-bond acceptors (Lipinski definition) is 3. The molecule has 0 aliphatic carbocycles. The van der Waals surface area contributed by atoms with Gasteiger partial charge in [0.1, 0.15) is 11.4 Å². The van der Waals surface area contributed by atoms with Crippen molar-refractivity contribution in [3.05, 3.63) is 23.3 Å². The van der Waals surface area contributed by atoms with Gasteiger partial charge in [-0.3, -0.25) is 4.79 Å². The number of anilines is 1. The lowest BCUT2D eigenvalue weighted by molar-refractivity contribution is -0.139. The van der Waals surface area contributed by atoms with Gasteiger partial charge in [0.05, 0.1) is 6.61 Å².